The molecule has 1 aliphatic rings. The number of benzene rings is 2. The molecule has 1 saturated heterocycles. The van der Waals surface area contributed by atoms with E-state index in [1.54, 1.807) is 30.3 Å². The molecule has 3 aromatic rings. The molecule has 1 unspecified atom stereocenters. The molecule has 0 radical (unpaired) electrons. The summed E-state index contributed by atoms with van der Waals surface area (Å²) in [5.41, 5.74) is 12.8. The topological polar surface area (TPSA) is 134 Å². The van der Waals surface area contributed by atoms with E-state index in [0.29, 0.717) is 30.1 Å². The Bertz CT molecular complexity index is 1220. The van der Waals surface area contributed by atoms with E-state index in [0.717, 1.165) is 12.8 Å². The summed E-state index contributed by atoms with van der Waals surface area (Å²) in [5, 5.41) is 7.18. The maximum atomic E-state index is 15.1. The number of ether oxygens (including phenoxy) is 2. The van der Waals surface area contributed by atoms with Gasteiger partial charge < -0.3 is 26.3 Å². The van der Waals surface area contributed by atoms with Crippen molar-refractivity contribution in [2.24, 2.45) is 5.73 Å². The van der Waals surface area contributed by atoms with E-state index < -0.39 is 11.7 Å². The van der Waals surface area contributed by atoms with Gasteiger partial charge in [-0.3, -0.25) is 9.59 Å². The normalized spacial score (nSPS) is 15.6. The second kappa shape index (κ2) is 9.92. The quantitative estimate of drug-likeness (QED) is 0.489. The highest BCUT2D eigenvalue weighted by Gasteiger charge is 2.28. The van der Waals surface area contributed by atoms with Gasteiger partial charge in [0.15, 0.2) is 0 Å². The second-order valence-corrected chi connectivity index (χ2v) is 7.99. The number of nitrogen functional groups attached to an aromatic ring is 1. The molecular formula is C24H26FN5O4. The molecule has 1 fully saturated rings. The molecule has 178 valence electrons. The van der Waals surface area contributed by atoms with Crippen molar-refractivity contribution in [1.82, 2.24) is 15.1 Å². The fourth-order valence-electron chi connectivity index (χ4n) is 4.04. The van der Waals surface area contributed by atoms with Crippen LogP contribution < -0.4 is 21.5 Å². The third-order valence-corrected chi connectivity index (χ3v) is 5.77. The molecule has 2 amide bonds. The van der Waals surface area contributed by atoms with Gasteiger partial charge in [-0.25, -0.2) is 9.07 Å². The summed E-state index contributed by atoms with van der Waals surface area (Å²) < 4.78 is 27.3. The van der Waals surface area contributed by atoms with E-state index in [2.05, 4.69) is 10.4 Å². The number of methoxy groups -OCH3 is 1. The van der Waals surface area contributed by atoms with Crippen LogP contribution >= 0.6 is 0 Å². The van der Waals surface area contributed by atoms with Crippen molar-refractivity contribution in [3.05, 3.63) is 65.0 Å². The molecular weight excluding hydrogens is 441 g/mol. The molecule has 2 aromatic carbocycles. The minimum atomic E-state index is -0.789. The molecule has 0 bridgehead atoms. The standard InChI is InChI=1S/C24H26FN5O4/c1-33-19-7-3-2-6-17(19)24(32)28-12-14-8-9-16(18(25)11-14)21-20(23(27)31)22(26)30(29-21)15-5-4-10-34-13-15/h2-3,6-9,11,15H,4-5,10,12-13,26H2,1H3,(H2,27,31)(H,28,32). The van der Waals surface area contributed by atoms with Crippen LogP contribution in [0, 0.1) is 5.82 Å². The molecule has 0 saturated carbocycles. The van der Waals surface area contributed by atoms with E-state index in [1.807, 2.05) is 0 Å². The number of anilines is 1. The minimum Gasteiger partial charge on any atom is -0.496 e. The fraction of sp³-hybridized carbons (Fsp3) is 0.292. The number of primary amides is 1. The average Bonchev–Trinajstić information content (AvgIpc) is 3.20. The number of nitrogens with two attached hydrogens (primary N) is 2. The molecule has 10 heteroatoms. The molecule has 1 aliphatic heterocycles. The van der Waals surface area contributed by atoms with Crippen molar-refractivity contribution < 1.29 is 23.5 Å². The highest BCUT2D eigenvalue weighted by Crippen LogP contribution is 2.33. The Morgan fingerprint density at radius 1 is 1.29 bits per heavy atom. The Labute approximate surface area is 195 Å². The maximum absolute atomic E-state index is 15.1. The number of aromatic nitrogens is 2. The number of hydrogen-bond donors (Lipinski definition) is 3. The summed E-state index contributed by atoms with van der Waals surface area (Å²) in [7, 11) is 1.48. The van der Waals surface area contributed by atoms with Crippen molar-refractivity contribution in [2.45, 2.75) is 25.4 Å². The number of halogens is 1. The largest absolute Gasteiger partial charge is 0.496 e. The number of rotatable bonds is 7. The smallest absolute Gasteiger partial charge is 0.255 e. The summed E-state index contributed by atoms with van der Waals surface area (Å²) in [5.74, 6) is -1.22. The maximum Gasteiger partial charge on any atom is 0.255 e. The third-order valence-electron chi connectivity index (χ3n) is 5.77. The Kier molecular flexibility index (Phi) is 6.78. The lowest BCUT2D eigenvalue weighted by atomic mass is 10.0. The summed E-state index contributed by atoms with van der Waals surface area (Å²) in [6.07, 6.45) is 1.60. The van der Waals surface area contributed by atoms with E-state index in [1.165, 1.54) is 23.9 Å². The van der Waals surface area contributed by atoms with E-state index >= 15 is 4.39 Å². The Balaban J connectivity index is 1.57. The summed E-state index contributed by atoms with van der Waals surface area (Å²) >= 11 is 0. The van der Waals surface area contributed by atoms with Crippen LogP contribution in [0.15, 0.2) is 42.5 Å². The van der Waals surface area contributed by atoms with Crippen molar-refractivity contribution in [2.75, 3.05) is 26.1 Å². The molecule has 34 heavy (non-hydrogen) atoms. The van der Waals surface area contributed by atoms with Crippen LogP contribution in [0.5, 0.6) is 5.75 Å². The monoisotopic (exact) mass is 467 g/mol. The zero-order valence-electron chi connectivity index (χ0n) is 18.7. The van der Waals surface area contributed by atoms with Crippen LogP contribution in [-0.4, -0.2) is 41.9 Å². The lowest BCUT2D eigenvalue weighted by molar-refractivity contribution is 0.0558. The van der Waals surface area contributed by atoms with Crippen LogP contribution in [0.3, 0.4) is 0 Å². The first-order chi connectivity index (χ1) is 16.4. The Morgan fingerprint density at radius 2 is 2.09 bits per heavy atom. The Morgan fingerprint density at radius 3 is 2.76 bits per heavy atom. The number of hydrogen-bond acceptors (Lipinski definition) is 6. The third kappa shape index (κ3) is 4.58. The SMILES string of the molecule is COc1ccccc1C(=O)NCc1ccc(-c2nn(C3CCCOC3)c(N)c2C(N)=O)c(F)c1. The van der Waals surface area contributed by atoms with Gasteiger partial charge in [0, 0.05) is 18.7 Å². The van der Waals surface area contributed by atoms with Crippen molar-refractivity contribution in [3.63, 3.8) is 0 Å². The van der Waals surface area contributed by atoms with Gasteiger partial charge in [0.1, 0.15) is 28.6 Å². The molecule has 0 aliphatic carbocycles. The van der Waals surface area contributed by atoms with Gasteiger partial charge in [0.05, 0.1) is 25.3 Å². The lowest BCUT2D eigenvalue weighted by Crippen LogP contribution is -2.24. The van der Waals surface area contributed by atoms with Crippen LogP contribution in [0.4, 0.5) is 10.2 Å². The van der Waals surface area contributed by atoms with Crippen LogP contribution in [-0.2, 0) is 11.3 Å². The number of para-hydroxylation sites is 1. The number of carbonyl (C=O) groups is 2. The molecule has 9 nitrogen and oxygen atoms in total. The van der Waals surface area contributed by atoms with Gasteiger partial charge in [0.2, 0.25) is 0 Å². The predicted octanol–water partition coefficient (Wildman–Crippen LogP) is 2.66. The zero-order valence-corrected chi connectivity index (χ0v) is 18.7. The molecule has 2 heterocycles. The van der Waals surface area contributed by atoms with Gasteiger partial charge in [-0.15, -0.1) is 0 Å². The highest BCUT2D eigenvalue weighted by molar-refractivity contribution is 6.03. The molecule has 4 rings (SSSR count). The van der Waals surface area contributed by atoms with Crippen molar-refractivity contribution >= 4 is 17.6 Å². The molecule has 5 N–H and O–H groups in total. The first kappa shape index (κ1) is 23.2. The fourth-order valence-corrected chi connectivity index (χ4v) is 4.04. The molecule has 0 spiro atoms. The van der Waals surface area contributed by atoms with E-state index in [9.17, 15) is 9.59 Å². The zero-order chi connectivity index (χ0) is 24.2. The number of nitrogens with zero attached hydrogens (tertiary/aromatic N) is 2. The van der Waals surface area contributed by atoms with E-state index in [4.69, 9.17) is 20.9 Å². The summed E-state index contributed by atoms with van der Waals surface area (Å²) in [6, 6.07) is 11.1. The van der Waals surface area contributed by atoms with Gasteiger partial charge in [-0.05, 0) is 42.7 Å². The predicted molar refractivity (Wildman–Crippen MR) is 124 cm³/mol. The Hall–Kier alpha value is -3.92. The number of carbonyl (C=O) groups excluding carboxylic acids is 2. The lowest BCUT2D eigenvalue weighted by Gasteiger charge is -2.23. The number of amides is 2. The highest BCUT2D eigenvalue weighted by atomic mass is 19.1. The van der Waals surface area contributed by atoms with Crippen LogP contribution in [0.1, 0.15) is 45.2 Å². The summed E-state index contributed by atoms with van der Waals surface area (Å²) in [6.45, 7) is 1.14. The summed E-state index contributed by atoms with van der Waals surface area (Å²) in [4.78, 5) is 24.6. The molecule has 1 aromatic heterocycles. The van der Waals surface area contributed by atoms with E-state index in [-0.39, 0.29) is 41.1 Å². The first-order valence-electron chi connectivity index (χ1n) is 10.9. The average molecular weight is 468 g/mol. The van der Waals surface area contributed by atoms with Gasteiger partial charge in [-0.2, -0.15) is 5.10 Å². The van der Waals surface area contributed by atoms with Crippen molar-refractivity contribution in [3.8, 4) is 17.0 Å². The van der Waals surface area contributed by atoms with Gasteiger partial charge in [0.25, 0.3) is 11.8 Å². The van der Waals surface area contributed by atoms with Crippen LogP contribution in [0.25, 0.3) is 11.3 Å². The van der Waals surface area contributed by atoms with Gasteiger partial charge in [-0.1, -0.05) is 18.2 Å². The van der Waals surface area contributed by atoms with Crippen molar-refractivity contribution in [1.29, 1.82) is 0 Å². The molecule has 1 atom stereocenters. The number of nitrogens with one attached hydrogen (secondary N) is 1. The second-order valence-electron chi connectivity index (χ2n) is 7.99. The minimum absolute atomic E-state index is 0.0262. The van der Waals surface area contributed by atoms with Gasteiger partial charge >= 0.3 is 0 Å². The van der Waals surface area contributed by atoms with Crippen LogP contribution in [0.2, 0.25) is 0 Å². The first-order valence-corrected chi connectivity index (χ1v) is 10.9.